The van der Waals surface area contributed by atoms with Gasteiger partial charge in [0, 0.05) is 21.8 Å². The number of fused-ring (bicyclic) bond motifs is 3. The van der Waals surface area contributed by atoms with Crippen molar-refractivity contribution in [1.29, 1.82) is 0 Å². The fourth-order valence-corrected chi connectivity index (χ4v) is 5.42. The molecule has 1 aliphatic carbocycles. The van der Waals surface area contributed by atoms with E-state index in [2.05, 4.69) is 5.32 Å². The lowest BCUT2D eigenvalue weighted by Gasteiger charge is -2.44. The molecule has 150 valence electrons. The Morgan fingerprint density at radius 1 is 1.21 bits per heavy atom. The molecule has 0 saturated heterocycles. The third kappa shape index (κ3) is 3.06. The van der Waals surface area contributed by atoms with Crippen molar-refractivity contribution in [2.45, 2.75) is 57.3 Å². The number of carbonyl (C=O) groups excluding carboxylic acids is 2. The number of aromatic nitrogens is 1. The molecule has 5 nitrogen and oxygen atoms in total. The Labute approximate surface area is 174 Å². The largest absolute Gasteiger partial charge is 0.351 e. The quantitative estimate of drug-likeness (QED) is 0.706. The summed E-state index contributed by atoms with van der Waals surface area (Å²) in [5, 5.41) is 6.29. The second-order valence-electron chi connectivity index (χ2n) is 8.37. The molecule has 5 rings (SSSR count). The van der Waals surface area contributed by atoms with Crippen LogP contribution >= 0.6 is 11.3 Å². The van der Waals surface area contributed by atoms with Gasteiger partial charge in [0.1, 0.15) is 11.2 Å². The van der Waals surface area contributed by atoms with Crippen molar-refractivity contribution in [3.8, 4) is 0 Å². The fourth-order valence-electron chi connectivity index (χ4n) is 4.72. The van der Waals surface area contributed by atoms with Crippen molar-refractivity contribution in [2.24, 2.45) is 0 Å². The van der Waals surface area contributed by atoms with Crippen LogP contribution in [0, 0.1) is 0 Å². The lowest BCUT2D eigenvalue weighted by molar-refractivity contribution is -0.133. The first-order valence-corrected chi connectivity index (χ1v) is 11.2. The number of nitrogens with zero attached hydrogens (tertiary/aromatic N) is 2. The van der Waals surface area contributed by atoms with Gasteiger partial charge in [-0.25, -0.2) is 0 Å². The average molecular weight is 408 g/mol. The zero-order valence-corrected chi connectivity index (χ0v) is 17.4. The third-order valence-electron chi connectivity index (χ3n) is 6.41. The van der Waals surface area contributed by atoms with Crippen molar-refractivity contribution in [2.75, 3.05) is 0 Å². The minimum Gasteiger partial charge on any atom is -0.351 e. The predicted octanol–water partition coefficient (Wildman–Crippen LogP) is 4.18. The van der Waals surface area contributed by atoms with Gasteiger partial charge in [0.2, 0.25) is 5.91 Å². The summed E-state index contributed by atoms with van der Waals surface area (Å²) in [6.45, 7) is 2.83. The van der Waals surface area contributed by atoms with Crippen LogP contribution in [0.15, 0.2) is 47.8 Å². The summed E-state index contributed by atoms with van der Waals surface area (Å²) in [4.78, 5) is 30.0. The third-order valence-corrected chi connectivity index (χ3v) is 7.27. The molecule has 29 heavy (non-hydrogen) atoms. The molecule has 1 N–H and O–H groups in total. The highest BCUT2D eigenvalue weighted by Crippen LogP contribution is 2.34. The van der Waals surface area contributed by atoms with Crippen LogP contribution in [0.1, 0.15) is 48.0 Å². The summed E-state index contributed by atoms with van der Waals surface area (Å²) >= 11 is 1.62. The van der Waals surface area contributed by atoms with Gasteiger partial charge < -0.3 is 14.8 Å². The van der Waals surface area contributed by atoms with Gasteiger partial charge in [-0.1, -0.05) is 37.1 Å². The van der Waals surface area contributed by atoms with Gasteiger partial charge in [-0.05, 0) is 43.3 Å². The highest BCUT2D eigenvalue weighted by Gasteiger charge is 2.48. The minimum atomic E-state index is -0.932. The maximum Gasteiger partial charge on any atom is 0.271 e. The van der Waals surface area contributed by atoms with Crippen molar-refractivity contribution >= 4 is 34.1 Å². The zero-order chi connectivity index (χ0) is 20.0. The first kappa shape index (κ1) is 18.4. The number of rotatable bonds is 4. The Balaban J connectivity index is 1.57. The Kier molecular flexibility index (Phi) is 4.46. The van der Waals surface area contributed by atoms with Crippen LogP contribution in [-0.2, 0) is 17.9 Å². The number of thiophene rings is 1. The maximum absolute atomic E-state index is 13.6. The van der Waals surface area contributed by atoms with E-state index in [1.54, 1.807) is 16.2 Å². The van der Waals surface area contributed by atoms with Crippen LogP contribution in [0.3, 0.4) is 0 Å². The Hall–Kier alpha value is -2.60. The molecule has 3 heterocycles. The van der Waals surface area contributed by atoms with Gasteiger partial charge in [0.05, 0.1) is 13.1 Å². The minimum absolute atomic E-state index is 0.0438. The molecule has 1 aliphatic heterocycles. The summed E-state index contributed by atoms with van der Waals surface area (Å²) in [5.41, 5.74) is 0.735. The SMILES string of the molecule is C[C@]1(C(=O)NC2CCCC2)Cn2c(cc3ccccc32)C(=O)N1Cc1cccs1. The highest BCUT2D eigenvalue weighted by atomic mass is 32.1. The highest BCUT2D eigenvalue weighted by molar-refractivity contribution is 7.09. The van der Waals surface area contributed by atoms with Crippen LogP contribution in [0.5, 0.6) is 0 Å². The average Bonchev–Trinajstić information content (AvgIpc) is 3.47. The predicted molar refractivity (Wildman–Crippen MR) is 115 cm³/mol. The number of amides is 2. The Morgan fingerprint density at radius 2 is 2.00 bits per heavy atom. The van der Waals surface area contributed by atoms with E-state index >= 15 is 0 Å². The molecular weight excluding hydrogens is 382 g/mol. The van der Waals surface area contributed by atoms with Crippen LogP contribution in [-0.4, -0.2) is 32.9 Å². The van der Waals surface area contributed by atoms with Gasteiger partial charge in [0.15, 0.2) is 0 Å². The fraction of sp³-hybridized carbons (Fsp3) is 0.391. The van der Waals surface area contributed by atoms with Crippen LogP contribution in [0.2, 0.25) is 0 Å². The monoisotopic (exact) mass is 407 g/mol. The van der Waals surface area contributed by atoms with E-state index < -0.39 is 5.54 Å². The molecule has 0 radical (unpaired) electrons. The van der Waals surface area contributed by atoms with Crippen LogP contribution in [0.4, 0.5) is 0 Å². The van der Waals surface area contributed by atoms with Gasteiger partial charge in [-0.3, -0.25) is 9.59 Å². The van der Waals surface area contributed by atoms with Crippen LogP contribution < -0.4 is 5.32 Å². The first-order valence-electron chi connectivity index (χ1n) is 10.3. The molecule has 2 aromatic heterocycles. The molecule has 1 saturated carbocycles. The number of para-hydroxylation sites is 1. The summed E-state index contributed by atoms with van der Waals surface area (Å²) in [6.07, 6.45) is 4.37. The van der Waals surface area contributed by atoms with Gasteiger partial charge >= 0.3 is 0 Å². The molecule has 0 bridgehead atoms. The van der Waals surface area contributed by atoms with Crippen LogP contribution in [0.25, 0.3) is 10.9 Å². The normalized spacial score (nSPS) is 22.2. The standard InChI is InChI=1S/C23H25N3O2S/c1-23(22(28)24-17-8-3-4-9-17)15-25-19-11-5-2-7-16(19)13-20(25)21(27)26(23)14-18-10-6-12-29-18/h2,5-7,10-13,17H,3-4,8-9,14-15H2,1H3,(H,24,28)/t23-/m1/s1. The summed E-state index contributed by atoms with van der Waals surface area (Å²) in [5.74, 6) is -0.123. The van der Waals surface area contributed by atoms with Crippen molar-refractivity contribution in [3.63, 3.8) is 0 Å². The zero-order valence-electron chi connectivity index (χ0n) is 16.6. The maximum atomic E-state index is 13.6. The molecular formula is C23H25N3O2S. The summed E-state index contributed by atoms with van der Waals surface area (Å²) in [6, 6.07) is 14.2. The van der Waals surface area contributed by atoms with Crippen molar-refractivity contribution < 1.29 is 9.59 Å². The molecule has 0 spiro atoms. The van der Waals surface area contributed by atoms with E-state index in [9.17, 15) is 9.59 Å². The Morgan fingerprint density at radius 3 is 2.76 bits per heavy atom. The molecule has 0 unspecified atom stereocenters. The van der Waals surface area contributed by atoms with E-state index in [1.807, 2.05) is 59.3 Å². The molecule has 1 fully saturated rings. The smallest absolute Gasteiger partial charge is 0.271 e. The number of hydrogen-bond donors (Lipinski definition) is 1. The molecule has 6 heteroatoms. The van der Waals surface area contributed by atoms with E-state index in [4.69, 9.17) is 0 Å². The lowest BCUT2D eigenvalue weighted by Crippen LogP contribution is -2.64. The van der Waals surface area contributed by atoms with E-state index in [0.29, 0.717) is 18.8 Å². The van der Waals surface area contributed by atoms with Crippen molar-refractivity contribution in [1.82, 2.24) is 14.8 Å². The number of benzene rings is 1. The van der Waals surface area contributed by atoms with Gasteiger partial charge in [-0.15, -0.1) is 11.3 Å². The topological polar surface area (TPSA) is 54.3 Å². The van der Waals surface area contributed by atoms with E-state index in [-0.39, 0.29) is 17.9 Å². The second kappa shape index (κ2) is 7.02. The first-order chi connectivity index (χ1) is 14.1. The molecule has 1 aromatic carbocycles. The van der Waals surface area contributed by atoms with E-state index in [0.717, 1.165) is 41.5 Å². The molecule has 2 amide bonds. The summed E-state index contributed by atoms with van der Waals surface area (Å²) < 4.78 is 2.02. The second-order valence-corrected chi connectivity index (χ2v) is 9.41. The molecule has 1 atom stereocenters. The van der Waals surface area contributed by atoms with Crippen molar-refractivity contribution in [3.05, 3.63) is 58.4 Å². The number of hydrogen-bond acceptors (Lipinski definition) is 3. The molecule has 3 aromatic rings. The van der Waals surface area contributed by atoms with Gasteiger partial charge in [-0.2, -0.15) is 0 Å². The van der Waals surface area contributed by atoms with Gasteiger partial charge in [0.25, 0.3) is 5.91 Å². The Bertz CT molecular complexity index is 1070. The molecule has 2 aliphatic rings. The number of nitrogens with one attached hydrogen (secondary N) is 1. The lowest BCUT2D eigenvalue weighted by atomic mass is 9.94. The number of carbonyl (C=O) groups is 2. The van der Waals surface area contributed by atoms with E-state index in [1.165, 1.54) is 0 Å². The summed E-state index contributed by atoms with van der Waals surface area (Å²) in [7, 11) is 0.